The van der Waals surface area contributed by atoms with Crippen molar-refractivity contribution in [3.63, 3.8) is 0 Å². The molecule has 0 saturated carbocycles. The topological polar surface area (TPSA) is 12.9 Å². The summed E-state index contributed by atoms with van der Waals surface area (Å²) in [6, 6.07) is 18.4. The molecule has 1 heterocycles. The molecule has 0 bridgehead atoms. The van der Waals surface area contributed by atoms with Crippen molar-refractivity contribution in [2.75, 3.05) is 0 Å². The first kappa shape index (κ1) is 8.01. The molecule has 0 aliphatic carbocycles. The quantitative estimate of drug-likeness (QED) is 0.632. The van der Waals surface area contributed by atoms with Crippen molar-refractivity contribution in [2.45, 2.75) is 13.7 Å². The molecular weight excluding hydrogens is 242 g/mol. The summed E-state index contributed by atoms with van der Waals surface area (Å²) in [6.45, 7) is -3.26. The minimum atomic E-state index is -2.17. The standard InChI is InChI=1S/C19H17N/c1-14-8-11-19(20-13-14)17-10-9-15(2)18(12-17)16-6-4-3-5-7-16/h3-13H,1-2H3/i1D3,2D2. The summed E-state index contributed by atoms with van der Waals surface area (Å²) in [4.78, 5) is 4.27. The molecule has 0 amide bonds. The smallest absolute Gasteiger partial charge is 0.0702 e. The molecule has 0 spiro atoms. The largest absolute Gasteiger partial charge is 0.256 e. The van der Waals surface area contributed by atoms with Crippen LogP contribution in [0.4, 0.5) is 0 Å². The molecule has 1 heteroatoms. The van der Waals surface area contributed by atoms with Crippen LogP contribution in [0.5, 0.6) is 0 Å². The third kappa shape index (κ3) is 2.48. The Morgan fingerprint density at radius 1 is 0.900 bits per heavy atom. The number of rotatable bonds is 2. The zero-order chi connectivity index (χ0) is 18.0. The van der Waals surface area contributed by atoms with Crippen molar-refractivity contribution in [1.82, 2.24) is 4.98 Å². The molecule has 0 N–H and O–H groups in total. The number of nitrogens with zero attached hydrogens (tertiary/aromatic N) is 1. The zero-order valence-electron chi connectivity index (χ0n) is 15.9. The van der Waals surface area contributed by atoms with Crippen LogP contribution in [-0.2, 0) is 0 Å². The predicted molar refractivity (Wildman–Crippen MR) is 84.6 cm³/mol. The zero-order valence-corrected chi connectivity index (χ0v) is 10.9. The summed E-state index contributed by atoms with van der Waals surface area (Å²) in [5.41, 5.74) is 4.05. The summed E-state index contributed by atoms with van der Waals surface area (Å²) in [7, 11) is 0. The predicted octanol–water partition coefficient (Wildman–Crippen LogP) is 5.03. The van der Waals surface area contributed by atoms with Crippen molar-refractivity contribution < 1.29 is 6.85 Å². The van der Waals surface area contributed by atoms with Gasteiger partial charge in [-0.15, -0.1) is 0 Å². The van der Waals surface area contributed by atoms with Crippen LogP contribution in [0.15, 0.2) is 66.9 Å². The molecule has 0 unspecified atom stereocenters. The Balaban J connectivity index is 2.06. The maximum Gasteiger partial charge on any atom is 0.0702 e. The van der Waals surface area contributed by atoms with E-state index >= 15 is 0 Å². The van der Waals surface area contributed by atoms with Gasteiger partial charge < -0.3 is 0 Å². The first-order valence-corrected chi connectivity index (χ1v) is 6.37. The average Bonchev–Trinajstić information content (AvgIpc) is 2.61. The lowest BCUT2D eigenvalue weighted by molar-refractivity contribution is 1.27. The van der Waals surface area contributed by atoms with E-state index in [1.807, 2.05) is 42.5 Å². The lowest BCUT2D eigenvalue weighted by atomic mass is 9.97. The van der Waals surface area contributed by atoms with Gasteiger partial charge in [0.15, 0.2) is 0 Å². The Morgan fingerprint density at radius 3 is 2.50 bits per heavy atom. The van der Waals surface area contributed by atoms with Crippen LogP contribution in [0, 0.1) is 13.7 Å². The Labute approximate surface area is 127 Å². The molecule has 20 heavy (non-hydrogen) atoms. The third-order valence-electron chi connectivity index (χ3n) is 3.20. The minimum Gasteiger partial charge on any atom is -0.256 e. The molecule has 0 atom stereocenters. The van der Waals surface area contributed by atoms with E-state index in [0.717, 1.165) is 16.7 Å². The highest BCUT2D eigenvalue weighted by atomic mass is 14.7. The first-order valence-electron chi connectivity index (χ1n) is 9.02. The summed E-state index contributed by atoms with van der Waals surface area (Å²) in [6.07, 6.45) is 1.37. The maximum absolute atomic E-state index is 7.77. The van der Waals surface area contributed by atoms with Crippen molar-refractivity contribution in [3.05, 3.63) is 78.0 Å². The fourth-order valence-corrected chi connectivity index (χ4v) is 2.15. The molecule has 0 saturated heterocycles. The van der Waals surface area contributed by atoms with Crippen LogP contribution >= 0.6 is 0 Å². The van der Waals surface area contributed by atoms with Gasteiger partial charge in [0, 0.05) is 18.6 Å². The second kappa shape index (κ2) is 5.30. The van der Waals surface area contributed by atoms with Gasteiger partial charge in [0.25, 0.3) is 0 Å². The minimum absolute atomic E-state index is 0.202. The van der Waals surface area contributed by atoms with Gasteiger partial charge in [-0.2, -0.15) is 0 Å². The summed E-state index contributed by atoms with van der Waals surface area (Å²) < 4.78 is 37.8. The highest BCUT2D eigenvalue weighted by molar-refractivity contribution is 5.74. The van der Waals surface area contributed by atoms with E-state index in [2.05, 4.69) is 4.98 Å². The van der Waals surface area contributed by atoms with Crippen LogP contribution in [0.1, 0.15) is 18.0 Å². The van der Waals surface area contributed by atoms with Crippen LogP contribution in [0.3, 0.4) is 0 Å². The SMILES string of the molecule is [2H]C([2H])c1ccc(-c2ccc(C([2H])([2H])[2H])cn2)cc1-c1ccccc1. The van der Waals surface area contributed by atoms with Gasteiger partial charge in [0.05, 0.1) is 5.69 Å². The normalized spacial score (nSPS) is 14.9. The Morgan fingerprint density at radius 2 is 1.80 bits per heavy atom. The highest BCUT2D eigenvalue weighted by Gasteiger charge is 2.05. The average molecular weight is 264 g/mol. The Hall–Kier alpha value is -2.41. The molecule has 1 nitrogen and oxygen atoms in total. The van der Waals surface area contributed by atoms with E-state index < -0.39 is 13.7 Å². The van der Waals surface area contributed by atoms with Gasteiger partial charge in [-0.05, 0) is 48.1 Å². The Kier molecular flexibility index (Phi) is 2.12. The molecule has 2 aromatic carbocycles. The van der Waals surface area contributed by atoms with Gasteiger partial charge in [-0.25, -0.2) is 0 Å². The number of pyridine rings is 1. The lowest BCUT2D eigenvalue weighted by Crippen LogP contribution is -1.88. The van der Waals surface area contributed by atoms with Crippen molar-refractivity contribution in [2.24, 2.45) is 0 Å². The third-order valence-corrected chi connectivity index (χ3v) is 3.20. The van der Waals surface area contributed by atoms with E-state index in [-0.39, 0.29) is 5.56 Å². The van der Waals surface area contributed by atoms with E-state index in [9.17, 15) is 0 Å². The summed E-state index contributed by atoms with van der Waals surface area (Å²) in [5, 5.41) is 0. The molecule has 0 aliphatic heterocycles. The van der Waals surface area contributed by atoms with Crippen molar-refractivity contribution in [1.29, 1.82) is 0 Å². The molecule has 0 radical (unpaired) electrons. The second-order valence-electron chi connectivity index (χ2n) is 4.60. The van der Waals surface area contributed by atoms with Gasteiger partial charge in [-0.3, -0.25) is 4.98 Å². The molecule has 3 rings (SSSR count). The molecular formula is C19H17N. The fraction of sp³-hybridized carbons (Fsp3) is 0.105. The number of hydrogen-bond acceptors (Lipinski definition) is 1. The maximum atomic E-state index is 7.77. The molecule has 98 valence electrons. The molecule has 1 aromatic heterocycles. The van der Waals surface area contributed by atoms with Crippen LogP contribution < -0.4 is 0 Å². The second-order valence-corrected chi connectivity index (χ2v) is 4.60. The van der Waals surface area contributed by atoms with E-state index in [1.165, 1.54) is 6.20 Å². The molecule has 0 fully saturated rings. The van der Waals surface area contributed by atoms with E-state index in [1.54, 1.807) is 18.2 Å². The fourth-order valence-electron chi connectivity index (χ4n) is 2.15. The monoisotopic (exact) mass is 264 g/mol. The first-order chi connectivity index (χ1) is 11.9. The molecule has 3 aromatic rings. The van der Waals surface area contributed by atoms with Gasteiger partial charge in [0.1, 0.15) is 0 Å². The van der Waals surface area contributed by atoms with Crippen molar-refractivity contribution >= 4 is 0 Å². The van der Waals surface area contributed by atoms with Crippen molar-refractivity contribution in [3.8, 4) is 22.4 Å². The number of aromatic nitrogens is 1. The number of aryl methyl sites for hydroxylation is 2. The van der Waals surface area contributed by atoms with Gasteiger partial charge in [0.2, 0.25) is 0 Å². The number of benzene rings is 2. The van der Waals surface area contributed by atoms with E-state index in [0.29, 0.717) is 11.3 Å². The Bertz CT molecular complexity index is 855. The summed E-state index contributed by atoms with van der Waals surface area (Å²) >= 11 is 0. The van der Waals surface area contributed by atoms with E-state index in [4.69, 9.17) is 6.85 Å². The lowest BCUT2D eigenvalue weighted by Gasteiger charge is -2.09. The summed E-state index contributed by atoms with van der Waals surface area (Å²) in [5.74, 6) is 0. The van der Waals surface area contributed by atoms with Crippen LogP contribution in [-0.4, -0.2) is 4.98 Å². The van der Waals surface area contributed by atoms with Gasteiger partial charge in [-0.1, -0.05) is 48.5 Å². The highest BCUT2D eigenvalue weighted by Crippen LogP contribution is 2.28. The van der Waals surface area contributed by atoms with Crippen LogP contribution in [0.2, 0.25) is 0 Å². The molecule has 0 aliphatic rings. The van der Waals surface area contributed by atoms with Gasteiger partial charge >= 0.3 is 0 Å². The number of hydrogen-bond donors (Lipinski definition) is 0. The van der Waals surface area contributed by atoms with Crippen LogP contribution in [0.25, 0.3) is 22.4 Å².